The molecule has 1 fully saturated rings. The third kappa shape index (κ3) is 4.81. The first-order valence-electron chi connectivity index (χ1n) is 5.82. The highest BCUT2D eigenvalue weighted by Crippen LogP contribution is 2.20. The smallest absolute Gasteiger partial charge is 0.373 e. The summed E-state index contributed by atoms with van der Waals surface area (Å²) in [7, 11) is 0. The van der Waals surface area contributed by atoms with Gasteiger partial charge in [0.1, 0.15) is 0 Å². The molecule has 0 unspecified atom stereocenters. The molecule has 4 nitrogen and oxygen atoms in total. The lowest BCUT2D eigenvalue weighted by molar-refractivity contribution is -0.191. The lowest BCUT2D eigenvalue weighted by Crippen LogP contribution is -2.54. The fourth-order valence-electron chi connectivity index (χ4n) is 1.63. The quantitative estimate of drug-likeness (QED) is 0.817. The van der Waals surface area contributed by atoms with E-state index in [1.165, 1.54) is 0 Å². The Morgan fingerprint density at radius 3 is 2.50 bits per heavy atom. The molecule has 1 aliphatic rings. The minimum atomic E-state index is -4.81. The Bertz CT molecular complexity index is 300. The highest BCUT2D eigenvalue weighted by Gasteiger charge is 2.43. The number of morpholine rings is 1. The molecule has 1 atom stereocenters. The largest absolute Gasteiger partial charge is 0.471 e. The highest BCUT2D eigenvalue weighted by molar-refractivity contribution is 5.81. The van der Waals surface area contributed by atoms with Crippen LogP contribution in [0.15, 0.2) is 0 Å². The van der Waals surface area contributed by atoms with Crippen molar-refractivity contribution in [3.63, 3.8) is 0 Å². The number of amides is 1. The fraction of sp³-hybridized carbons (Fsp3) is 0.909. The zero-order valence-corrected chi connectivity index (χ0v) is 10.8. The number of nitrogens with zero attached hydrogens (tertiary/aromatic N) is 1. The Labute approximate surface area is 104 Å². The van der Waals surface area contributed by atoms with Crippen molar-refractivity contribution in [2.45, 2.75) is 38.6 Å². The molecule has 0 aliphatic carbocycles. The van der Waals surface area contributed by atoms with Crippen LogP contribution in [0.1, 0.15) is 20.8 Å². The predicted octanol–water partition coefficient (Wildman–Crippen LogP) is 1.16. The Balaban J connectivity index is 2.49. The van der Waals surface area contributed by atoms with E-state index < -0.39 is 18.2 Å². The maximum Gasteiger partial charge on any atom is 0.471 e. The number of ether oxygens (including phenoxy) is 1. The van der Waals surface area contributed by atoms with E-state index in [9.17, 15) is 18.0 Å². The molecule has 1 amide bonds. The van der Waals surface area contributed by atoms with Gasteiger partial charge in [-0.2, -0.15) is 13.2 Å². The third-order valence-electron chi connectivity index (χ3n) is 2.53. The van der Waals surface area contributed by atoms with Gasteiger partial charge in [-0.3, -0.25) is 4.79 Å². The number of rotatable bonds is 2. The molecule has 0 aromatic carbocycles. The monoisotopic (exact) mass is 268 g/mol. The number of carbonyl (C=O) groups is 1. The maximum absolute atomic E-state index is 12.3. The number of hydrogen-bond donors (Lipinski definition) is 1. The van der Waals surface area contributed by atoms with Gasteiger partial charge in [-0.05, 0) is 20.8 Å². The van der Waals surface area contributed by atoms with Crippen molar-refractivity contribution in [3.8, 4) is 0 Å². The van der Waals surface area contributed by atoms with Gasteiger partial charge < -0.3 is 15.0 Å². The zero-order chi connectivity index (χ0) is 14.0. The Morgan fingerprint density at radius 1 is 1.39 bits per heavy atom. The fourth-order valence-corrected chi connectivity index (χ4v) is 1.63. The number of alkyl halides is 3. The summed E-state index contributed by atoms with van der Waals surface area (Å²) in [4.78, 5) is 11.9. The second-order valence-corrected chi connectivity index (χ2v) is 5.37. The highest BCUT2D eigenvalue weighted by atomic mass is 19.4. The normalized spacial score (nSPS) is 22.1. The second kappa shape index (κ2) is 5.44. The topological polar surface area (TPSA) is 41.6 Å². The van der Waals surface area contributed by atoms with Crippen LogP contribution in [0.3, 0.4) is 0 Å². The molecular weight excluding hydrogens is 249 g/mol. The molecule has 0 aromatic rings. The Kier molecular flexibility index (Phi) is 4.61. The summed E-state index contributed by atoms with van der Waals surface area (Å²) < 4.78 is 42.2. The summed E-state index contributed by atoms with van der Waals surface area (Å²) in [6.07, 6.45) is -5.21. The summed E-state index contributed by atoms with van der Waals surface area (Å²) in [5.41, 5.74) is -0.139. The molecule has 1 aliphatic heterocycles. The van der Waals surface area contributed by atoms with Gasteiger partial charge in [0.2, 0.25) is 0 Å². The van der Waals surface area contributed by atoms with Gasteiger partial charge in [0.25, 0.3) is 0 Å². The number of hydrogen-bond acceptors (Lipinski definition) is 3. The van der Waals surface area contributed by atoms with E-state index in [-0.39, 0.29) is 25.2 Å². The van der Waals surface area contributed by atoms with Crippen LogP contribution in [0.4, 0.5) is 13.2 Å². The Hall–Kier alpha value is -0.820. The van der Waals surface area contributed by atoms with Gasteiger partial charge in [0.15, 0.2) is 0 Å². The van der Waals surface area contributed by atoms with E-state index in [0.29, 0.717) is 6.54 Å². The molecule has 0 radical (unpaired) electrons. The molecular formula is C11H19F3N2O2. The van der Waals surface area contributed by atoms with Gasteiger partial charge in [-0.1, -0.05) is 0 Å². The molecule has 106 valence electrons. The lowest BCUT2D eigenvalue weighted by Gasteiger charge is -2.34. The van der Waals surface area contributed by atoms with Crippen LogP contribution >= 0.6 is 0 Å². The summed E-state index contributed by atoms with van der Waals surface area (Å²) in [5, 5.41) is 3.15. The van der Waals surface area contributed by atoms with Crippen molar-refractivity contribution in [1.82, 2.24) is 10.2 Å². The van der Waals surface area contributed by atoms with Crippen LogP contribution in [0.5, 0.6) is 0 Å². The SMILES string of the molecule is CC(C)(C)NC[C@H]1CN(C(=O)C(F)(F)F)CCO1. The van der Waals surface area contributed by atoms with Gasteiger partial charge in [0, 0.05) is 25.2 Å². The van der Waals surface area contributed by atoms with Gasteiger partial charge in [-0.25, -0.2) is 0 Å². The first-order chi connectivity index (χ1) is 8.09. The van der Waals surface area contributed by atoms with Crippen LogP contribution < -0.4 is 5.32 Å². The molecule has 1 saturated heterocycles. The average molecular weight is 268 g/mol. The van der Waals surface area contributed by atoms with Crippen molar-refractivity contribution in [3.05, 3.63) is 0 Å². The molecule has 1 heterocycles. The molecule has 7 heteroatoms. The van der Waals surface area contributed by atoms with E-state index in [2.05, 4.69) is 5.32 Å². The molecule has 0 spiro atoms. The van der Waals surface area contributed by atoms with Gasteiger partial charge in [0.05, 0.1) is 12.7 Å². The van der Waals surface area contributed by atoms with Crippen molar-refractivity contribution in [2.24, 2.45) is 0 Å². The maximum atomic E-state index is 12.3. The van der Waals surface area contributed by atoms with Crippen LogP contribution in [-0.4, -0.2) is 54.9 Å². The van der Waals surface area contributed by atoms with Crippen molar-refractivity contribution >= 4 is 5.91 Å². The molecule has 1 rings (SSSR count). The number of carbonyl (C=O) groups excluding carboxylic acids is 1. The predicted molar refractivity (Wildman–Crippen MR) is 60.1 cm³/mol. The summed E-state index contributed by atoms with van der Waals surface area (Å²) >= 11 is 0. The minimum Gasteiger partial charge on any atom is -0.373 e. The molecule has 0 bridgehead atoms. The zero-order valence-electron chi connectivity index (χ0n) is 10.8. The number of nitrogens with one attached hydrogen (secondary N) is 1. The summed E-state index contributed by atoms with van der Waals surface area (Å²) in [6.45, 7) is 6.38. The molecule has 0 saturated carbocycles. The lowest BCUT2D eigenvalue weighted by atomic mass is 10.1. The average Bonchev–Trinajstić information content (AvgIpc) is 2.23. The van der Waals surface area contributed by atoms with E-state index in [1.807, 2.05) is 20.8 Å². The van der Waals surface area contributed by atoms with Crippen molar-refractivity contribution in [1.29, 1.82) is 0 Å². The second-order valence-electron chi connectivity index (χ2n) is 5.37. The van der Waals surface area contributed by atoms with E-state index >= 15 is 0 Å². The van der Waals surface area contributed by atoms with Gasteiger partial charge >= 0.3 is 12.1 Å². The first-order valence-corrected chi connectivity index (χ1v) is 5.82. The van der Waals surface area contributed by atoms with Crippen LogP contribution in [0, 0.1) is 0 Å². The summed E-state index contributed by atoms with van der Waals surface area (Å²) in [6, 6.07) is 0. The third-order valence-corrected chi connectivity index (χ3v) is 2.53. The molecule has 18 heavy (non-hydrogen) atoms. The van der Waals surface area contributed by atoms with E-state index in [4.69, 9.17) is 4.74 Å². The first kappa shape index (κ1) is 15.2. The number of halogens is 3. The molecule has 1 N–H and O–H groups in total. The van der Waals surface area contributed by atoms with Crippen LogP contribution in [-0.2, 0) is 9.53 Å². The molecule has 0 aromatic heterocycles. The van der Waals surface area contributed by atoms with Crippen molar-refractivity contribution < 1.29 is 22.7 Å². The van der Waals surface area contributed by atoms with E-state index in [1.54, 1.807) is 0 Å². The summed E-state index contributed by atoms with van der Waals surface area (Å²) in [5.74, 6) is -1.79. The van der Waals surface area contributed by atoms with Crippen molar-refractivity contribution in [2.75, 3.05) is 26.2 Å². The minimum absolute atomic E-state index is 0.00956. The van der Waals surface area contributed by atoms with E-state index in [0.717, 1.165) is 4.90 Å². The van der Waals surface area contributed by atoms with Crippen LogP contribution in [0.25, 0.3) is 0 Å². The Morgan fingerprint density at radius 2 is 2.00 bits per heavy atom. The van der Waals surface area contributed by atoms with Gasteiger partial charge in [-0.15, -0.1) is 0 Å². The van der Waals surface area contributed by atoms with Crippen LogP contribution in [0.2, 0.25) is 0 Å². The standard InChI is InChI=1S/C11H19F3N2O2/c1-10(2,3)15-6-8-7-16(4-5-18-8)9(17)11(12,13)14/h8,15H,4-7H2,1-3H3/t8-/m0/s1.